The van der Waals surface area contributed by atoms with Gasteiger partial charge in [0.1, 0.15) is 0 Å². The first-order valence-corrected chi connectivity index (χ1v) is 9.32. The molecule has 0 spiro atoms. The molecule has 138 valence electrons. The zero-order valence-electron chi connectivity index (χ0n) is 14.8. The van der Waals surface area contributed by atoms with Gasteiger partial charge >= 0.3 is 0 Å². The highest BCUT2D eigenvalue weighted by atomic mass is 16.3. The average molecular weight is 354 g/mol. The molecule has 4 atom stereocenters. The molecule has 0 radical (unpaired) electrons. The number of fused-ring (bicyclic) bond motifs is 1. The first-order valence-electron chi connectivity index (χ1n) is 9.32. The molecule has 2 aromatic rings. The van der Waals surface area contributed by atoms with E-state index in [4.69, 9.17) is 0 Å². The summed E-state index contributed by atoms with van der Waals surface area (Å²) in [5.74, 6) is 0.956. The summed E-state index contributed by atoms with van der Waals surface area (Å²) in [5.41, 5.74) is 1.32. The van der Waals surface area contributed by atoms with Crippen molar-refractivity contribution in [2.75, 3.05) is 19.6 Å². The zero-order valence-corrected chi connectivity index (χ0v) is 14.8. The Kier molecular flexibility index (Phi) is 4.69. The molecule has 1 aromatic carbocycles. The van der Waals surface area contributed by atoms with Crippen LogP contribution >= 0.6 is 0 Å². The first-order chi connectivity index (χ1) is 12.5. The molecule has 0 amide bonds. The van der Waals surface area contributed by atoms with E-state index in [1.807, 2.05) is 18.2 Å². The molecule has 1 saturated heterocycles. The van der Waals surface area contributed by atoms with Crippen molar-refractivity contribution in [1.29, 1.82) is 0 Å². The monoisotopic (exact) mass is 354 g/mol. The maximum atomic E-state index is 11.0. The standard InChI is InChI=1S/C21H26N2O3/c24-19(16-6-7-20(25)22-11-16)14-23-12-17-9-21(26,10-18(17)13-23)8-15-4-2-1-3-5-15/h1-7,11,17-19,24,26H,8-10,12-14H2,(H,22,25)/t17-,18+,19?,21+. The van der Waals surface area contributed by atoms with E-state index in [1.165, 1.54) is 17.8 Å². The van der Waals surface area contributed by atoms with Crippen LogP contribution in [-0.2, 0) is 6.42 Å². The van der Waals surface area contributed by atoms with Crippen LogP contribution in [0.4, 0.5) is 0 Å². The lowest BCUT2D eigenvalue weighted by Crippen LogP contribution is -2.33. The fraction of sp³-hybridized carbons (Fsp3) is 0.476. The van der Waals surface area contributed by atoms with Gasteiger partial charge in [0.15, 0.2) is 0 Å². The van der Waals surface area contributed by atoms with Gasteiger partial charge in [0.25, 0.3) is 0 Å². The van der Waals surface area contributed by atoms with Crippen LogP contribution in [0.15, 0.2) is 48.7 Å². The molecule has 1 unspecified atom stereocenters. The highest BCUT2D eigenvalue weighted by Gasteiger charge is 2.48. The number of aliphatic hydroxyl groups is 2. The number of aliphatic hydroxyl groups excluding tert-OH is 1. The molecule has 3 N–H and O–H groups in total. The van der Waals surface area contributed by atoms with E-state index < -0.39 is 11.7 Å². The lowest BCUT2D eigenvalue weighted by atomic mass is 9.91. The maximum absolute atomic E-state index is 11.0. The molecule has 5 heteroatoms. The summed E-state index contributed by atoms with van der Waals surface area (Å²) < 4.78 is 0. The van der Waals surface area contributed by atoms with Crippen molar-refractivity contribution in [3.05, 3.63) is 59.8 Å². The van der Waals surface area contributed by atoms with E-state index in [1.54, 1.807) is 6.07 Å². The summed E-state index contributed by atoms with van der Waals surface area (Å²) in [6.45, 7) is 2.41. The molecule has 0 bridgehead atoms. The second-order valence-electron chi connectivity index (χ2n) is 8.00. The summed E-state index contributed by atoms with van der Waals surface area (Å²) in [4.78, 5) is 6.12. The van der Waals surface area contributed by atoms with E-state index in [-0.39, 0.29) is 5.88 Å². The number of benzene rings is 1. The third-order valence-corrected chi connectivity index (χ3v) is 5.90. The van der Waals surface area contributed by atoms with E-state index in [2.05, 4.69) is 22.0 Å². The number of nitrogens with zero attached hydrogens (tertiary/aromatic N) is 2. The van der Waals surface area contributed by atoms with Crippen LogP contribution in [0.1, 0.15) is 30.1 Å². The van der Waals surface area contributed by atoms with Crippen molar-refractivity contribution < 1.29 is 15.3 Å². The highest BCUT2D eigenvalue weighted by molar-refractivity contribution is 5.20. The Morgan fingerprint density at radius 1 is 1.08 bits per heavy atom. The van der Waals surface area contributed by atoms with Gasteiger partial charge in [0, 0.05) is 43.9 Å². The predicted molar refractivity (Wildman–Crippen MR) is 98.6 cm³/mol. The molecule has 4 rings (SSSR count). The number of hydrogen-bond acceptors (Lipinski definition) is 5. The van der Waals surface area contributed by atoms with Gasteiger partial charge in [-0.3, -0.25) is 4.90 Å². The van der Waals surface area contributed by atoms with Crippen LogP contribution in [0.3, 0.4) is 0 Å². The quantitative estimate of drug-likeness (QED) is 0.767. The SMILES string of the molecule is Oc1ccc(C(O)CN2C[C@@H]3C[C@](O)(Cc4ccccc4)C[C@@H]3C2)cn1. The number of pyridine rings is 1. The van der Waals surface area contributed by atoms with Gasteiger partial charge in [0.05, 0.1) is 11.7 Å². The Balaban J connectivity index is 1.32. The summed E-state index contributed by atoms with van der Waals surface area (Å²) in [6, 6.07) is 13.4. The van der Waals surface area contributed by atoms with Crippen molar-refractivity contribution in [3.63, 3.8) is 0 Å². The minimum atomic E-state index is -0.606. The number of likely N-dealkylation sites (tertiary alicyclic amines) is 1. The van der Waals surface area contributed by atoms with Crippen LogP contribution in [0.25, 0.3) is 0 Å². The Morgan fingerprint density at radius 3 is 2.38 bits per heavy atom. The third kappa shape index (κ3) is 3.75. The number of aromatic hydroxyl groups is 1. The van der Waals surface area contributed by atoms with Crippen LogP contribution in [0.5, 0.6) is 5.88 Å². The van der Waals surface area contributed by atoms with Gasteiger partial charge in [-0.05, 0) is 36.3 Å². The van der Waals surface area contributed by atoms with Crippen molar-refractivity contribution in [1.82, 2.24) is 9.88 Å². The average Bonchev–Trinajstić information content (AvgIpc) is 3.10. The number of aromatic nitrogens is 1. The highest BCUT2D eigenvalue weighted by Crippen LogP contribution is 2.45. The molecule has 1 aliphatic carbocycles. The fourth-order valence-electron chi connectivity index (χ4n) is 4.77. The number of β-amino-alcohol motifs (C(OH)–C–C–N with tert-alkyl or cyclic N) is 1. The second kappa shape index (κ2) is 6.99. The Morgan fingerprint density at radius 2 is 1.77 bits per heavy atom. The van der Waals surface area contributed by atoms with Crippen molar-refractivity contribution in [2.45, 2.75) is 31.0 Å². The van der Waals surface area contributed by atoms with Gasteiger partial charge in [0.2, 0.25) is 5.88 Å². The summed E-state index contributed by atoms with van der Waals surface area (Å²) in [6.07, 6.45) is 3.31. The van der Waals surface area contributed by atoms with Gasteiger partial charge < -0.3 is 15.3 Å². The third-order valence-electron chi connectivity index (χ3n) is 5.90. The molecule has 2 fully saturated rings. The Bertz CT molecular complexity index is 721. The number of hydrogen-bond donors (Lipinski definition) is 3. The second-order valence-corrected chi connectivity index (χ2v) is 8.00. The summed E-state index contributed by atoms with van der Waals surface area (Å²) >= 11 is 0. The molecule has 2 heterocycles. The van der Waals surface area contributed by atoms with Crippen molar-refractivity contribution >= 4 is 0 Å². The van der Waals surface area contributed by atoms with E-state index in [9.17, 15) is 15.3 Å². The lowest BCUT2D eigenvalue weighted by molar-refractivity contribution is 0.0328. The molecular weight excluding hydrogens is 328 g/mol. The summed E-state index contributed by atoms with van der Waals surface area (Å²) in [7, 11) is 0. The zero-order chi connectivity index (χ0) is 18.1. The smallest absolute Gasteiger partial charge is 0.210 e. The van der Waals surface area contributed by atoms with Crippen molar-refractivity contribution in [2.24, 2.45) is 11.8 Å². The minimum Gasteiger partial charge on any atom is -0.493 e. The van der Waals surface area contributed by atoms with E-state index in [0.717, 1.165) is 37.9 Å². The van der Waals surface area contributed by atoms with Crippen LogP contribution < -0.4 is 0 Å². The maximum Gasteiger partial charge on any atom is 0.210 e. The molecule has 5 nitrogen and oxygen atoms in total. The fourth-order valence-corrected chi connectivity index (χ4v) is 4.77. The Hall–Kier alpha value is -1.95. The topological polar surface area (TPSA) is 76.8 Å². The first kappa shape index (κ1) is 17.5. The largest absolute Gasteiger partial charge is 0.493 e. The molecular formula is C21H26N2O3. The van der Waals surface area contributed by atoms with E-state index >= 15 is 0 Å². The van der Waals surface area contributed by atoms with Gasteiger partial charge in [-0.1, -0.05) is 30.3 Å². The Labute approximate surface area is 153 Å². The molecule has 1 saturated carbocycles. The normalized spacial score (nSPS) is 29.6. The van der Waals surface area contributed by atoms with Gasteiger partial charge in [-0.15, -0.1) is 0 Å². The van der Waals surface area contributed by atoms with Gasteiger partial charge in [-0.2, -0.15) is 0 Å². The van der Waals surface area contributed by atoms with Crippen LogP contribution in [0.2, 0.25) is 0 Å². The van der Waals surface area contributed by atoms with E-state index in [0.29, 0.717) is 18.4 Å². The van der Waals surface area contributed by atoms with Crippen LogP contribution in [-0.4, -0.2) is 50.4 Å². The molecule has 1 aromatic heterocycles. The molecule has 26 heavy (non-hydrogen) atoms. The molecule has 1 aliphatic heterocycles. The van der Waals surface area contributed by atoms with Crippen molar-refractivity contribution in [3.8, 4) is 5.88 Å². The van der Waals surface area contributed by atoms with Gasteiger partial charge in [-0.25, -0.2) is 4.98 Å². The summed E-state index contributed by atoms with van der Waals surface area (Å²) in [5, 5.41) is 30.7. The minimum absolute atomic E-state index is 0.0330. The molecule has 2 aliphatic rings. The predicted octanol–water partition coefficient (Wildman–Crippen LogP) is 2.14. The number of rotatable bonds is 5. The van der Waals surface area contributed by atoms with Crippen LogP contribution in [0, 0.1) is 11.8 Å². The lowest BCUT2D eigenvalue weighted by Gasteiger charge is -2.27.